The number of aromatic amines is 1. The van der Waals surface area contributed by atoms with Gasteiger partial charge in [0, 0.05) is 48.4 Å². The second-order valence-corrected chi connectivity index (χ2v) is 10.4. The molecular weight excluding hydrogens is 446 g/mol. The van der Waals surface area contributed by atoms with E-state index >= 15 is 0 Å². The van der Waals surface area contributed by atoms with Gasteiger partial charge in [0.15, 0.2) is 0 Å². The van der Waals surface area contributed by atoms with E-state index in [1.54, 1.807) is 6.92 Å². The smallest absolute Gasteiger partial charge is 0.219 e. The maximum atomic E-state index is 11.7. The average Bonchev–Trinajstić information content (AvgIpc) is 3.56. The van der Waals surface area contributed by atoms with Crippen LogP contribution in [0.4, 0.5) is 0 Å². The molecule has 0 saturated carbocycles. The third-order valence-electron chi connectivity index (χ3n) is 7.83. The first-order valence-electron chi connectivity index (χ1n) is 12.8. The van der Waals surface area contributed by atoms with Crippen LogP contribution in [0.5, 0.6) is 0 Å². The van der Waals surface area contributed by atoms with Gasteiger partial charge in [-0.1, -0.05) is 39.0 Å². The Morgan fingerprint density at radius 3 is 2.64 bits per heavy atom. The van der Waals surface area contributed by atoms with E-state index in [2.05, 4.69) is 67.0 Å². The molecule has 184 valence electrons. The molecule has 3 heterocycles. The molecule has 0 radical (unpaired) electrons. The van der Waals surface area contributed by atoms with Crippen LogP contribution >= 0.6 is 0 Å². The Bertz CT molecular complexity index is 1460. The van der Waals surface area contributed by atoms with Gasteiger partial charge < -0.3 is 9.88 Å². The molecule has 1 aliphatic heterocycles. The summed E-state index contributed by atoms with van der Waals surface area (Å²) in [5.41, 5.74) is 7.40. The molecule has 36 heavy (non-hydrogen) atoms. The van der Waals surface area contributed by atoms with Crippen LogP contribution in [-0.4, -0.2) is 38.7 Å². The molecule has 5 rings (SSSR count). The van der Waals surface area contributed by atoms with Crippen LogP contribution in [0.2, 0.25) is 0 Å². The Hall–Kier alpha value is -3.85. The number of nitrogens with one attached hydrogen (secondary N) is 1. The van der Waals surface area contributed by atoms with Gasteiger partial charge in [0.2, 0.25) is 5.91 Å². The molecule has 2 aromatic carbocycles. The fourth-order valence-electron chi connectivity index (χ4n) is 5.35. The number of nitriles is 1. The molecule has 4 aromatic rings. The Labute approximate surface area is 212 Å². The summed E-state index contributed by atoms with van der Waals surface area (Å²) in [4.78, 5) is 17.2. The van der Waals surface area contributed by atoms with E-state index in [4.69, 9.17) is 5.10 Å². The summed E-state index contributed by atoms with van der Waals surface area (Å²) in [6.45, 7) is 9.89. The number of hydrogen-bond acceptors (Lipinski definition) is 3. The summed E-state index contributed by atoms with van der Waals surface area (Å²) in [5.74, 6) is 0.155. The van der Waals surface area contributed by atoms with Crippen LogP contribution in [-0.2, 0) is 16.6 Å². The van der Waals surface area contributed by atoms with E-state index in [-0.39, 0.29) is 11.3 Å². The van der Waals surface area contributed by atoms with Gasteiger partial charge in [-0.2, -0.15) is 10.4 Å². The highest BCUT2D eigenvalue weighted by Gasteiger charge is 2.27. The van der Waals surface area contributed by atoms with Crippen molar-refractivity contribution in [3.05, 3.63) is 77.2 Å². The van der Waals surface area contributed by atoms with Crippen molar-refractivity contribution in [3.8, 4) is 17.2 Å². The summed E-state index contributed by atoms with van der Waals surface area (Å²) in [5, 5.41) is 15.1. The minimum Gasteiger partial charge on any atom is -0.358 e. The van der Waals surface area contributed by atoms with Crippen molar-refractivity contribution in [2.75, 3.05) is 13.1 Å². The van der Waals surface area contributed by atoms with Crippen LogP contribution in [0.1, 0.15) is 69.0 Å². The van der Waals surface area contributed by atoms with Gasteiger partial charge in [-0.05, 0) is 65.6 Å². The highest BCUT2D eigenvalue weighted by molar-refractivity contribution is 5.82. The molecule has 1 N–H and O–H groups in total. The second-order valence-electron chi connectivity index (χ2n) is 10.4. The molecule has 0 unspecified atom stereocenters. The van der Waals surface area contributed by atoms with Crippen LogP contribution in [0.25, 0.3) is 22.0 Å². The van der Waals surface area contributed by atoms with Crippen LogP contribution in [0.15, 0.2) is 54.9 Å². The van der Waals surface area contributed by atoms with Gasteiger partial charge in [0.25, 0.3) is 0 Å². The number of nitrogens with zero attached hydrogens (tertiary/aromatic N) is 4. The van der Waals surface area contributed by atoms with Gasteiger partial charge in [-0.25, -0.2) is 0 Å². The number of fused-ring (bicyclic) bond motifs is 1. The molecule has 0 spiro atoms. The number of H-pyrrole nitrogens is 1. The maximum absolute atomic E-state index is 11.7. The van der Waals surface area contributed by atoms with Crippen molar-refractivity contribution in [2.45, 2.75) is 58.4 Å². The largest absolute Gasteiger partial charge is 0.358 e. The van der Waals surface area contributed by atoms with Crippen LogP contribution < -0.4 is 0 Å². The molecule has 1 aliphatic rings. The number of amides is 1. The monoisotopic (exact) mass is 479 g/mol. The average molecular weight is 480 g/mol. The molecule has 2 aromatic heterocycles. The van der Waals surface area contributed by atoms with Crippen molar-refractivity contribution in [2.24, 2.45) is 0 Å². The first-order valence-corrected chi connectivity index (χ1v) is 12.8. The first kappa shape index (κ1) is 23.9. The predicted octanol–water partition coefficient (Wildman–Crippen LogP) is 5.97. The molecule has 1 fully saturated rings. The lowest BCUT2D eigenvalue weighted by molar-refractivity contribution is -0.130. The summed E-state index contributed by atoms with van der Waals surface area (Å²) in [6.07, 6.45) is 6.97. The number of likely N-dealkylation sites (tertiary alicyclic amines) is 1. The van der Waals surface area contributed by atoms with E-state index in [0.717, 1.165) is 54.5 Å². The SMILES string of the molecule is CCc1ccc(C(C)(C)c2cc3ccc(C#N)cc3[nH]2)cc1-c1cnn(C2CCN(C(C)=O)CC2)c1. The van der Waals surface area contributed by atoms with Crippen molar-refractivity contribution in [1.82, 2.24) is 19.7 Å². The molecule has 0 bridgehead atoms. The lowest BCUT2D eigenvalue weighted by atomic mass is 9.79. The van der Waals surface area contributed by atoms with E-state index in [9.17, 15) is 10.1 Å². The van der Waals surface area contributed by atoms with E-state index < -0.39 is 0 Å². The van der Waals surface area contributed by atoms with E-state index in [1.807, 2.05) is 29.3 Å². The second kappa shape index (κ2) is 9.31. The number of benzene rings is 2. The van der Waals surface area contributed by atoms with E-state index in [0.29, 0.717) is 11.6 Å². The number of carbonyl (C=O) groups excluding carboxylic acids is 1. The number of aromatic nitrogens is 3. The van der Waals surface area contributed by atoms with Crippen molar-refractivity contribution >= 4 is 16.8 Å². The Morgan fingerprint density at radius 2 is 1.94 bits per heavy atom. The topological polar surface area (TPSA) is 77.7 Å². The molecule has 0 aliphatic carbocycles. The van der Waals surface area contributed by atoms with Crippen LogP contribution in [0.3, 0.4) is 0 Å². The summed E-state index contributed by atoms with van der Waals surface area (Å²) in [6, 6.07) is 17.3. The number of hydrogen-bond donors (Lipinski definition) is 1. The maximum Gasteiger partial charge on any atom is 0.219 e. The zero-order chi connectivity index (χ0) is 25.4. The zero-order valence-electron chi connectivity index (χ0n) is 21.5. The molecule has 1 amide bonds. The summed E-state index contributed by atoms with van der Waals surface area (Å²) in [7, 11) is 0. The Morgan fingerprint density at radius 1 is 1.17 bits per heavy atom. The lowest BCUT2D eigenvalue weighted by Gasteiger charge is -2.31. The number of rotatable bonds is 5. The standard InChI is InChI=1S/C30H33N5O/c1-5-22-8-9-25(30(3,4)29-15-23-7-6-21(17-31)14-28(23)33-29)16-27(22)24-18-32-35(19-24)26-10-12-34(13-11-26)20(2)36/h6-9,14-16,18-19,26,33H,5,10-13H2,1-4H3. The zero-order valence-corrected chi connectivity index (χ0v) is 21.5. The molecule has 6 heteroatoms. The van der Waals surface area contributed by atoms with Crippen molar-refractivity contribution in [3.63, 3.8) is 0 Å². The third kappa shape index (κ3) is 4.30. The van der Waals surface area contributed by atoms with E-state index in [1.165, 1.54) is 16.7 Å². The summed E-state index contributed by atoms with van der Waals surface area (Å²) >= 11 is 0. The molecule has 1 saturated heterocycles. The highest BCUT2D eigenvalue weighted by atomic mass is 16.2. The number of aryl methyl sites for hydroxylation is 1. The van der Waals surface area contributed by atoms with Crippen LogP contribution in [0, 0.1) is 11.3 Å². The third-order valence-corrected chi connectivity index (χ3v) is 7.83. The van der Waals surface area contributed by atoms with Gasteiger partial charge in [0.1, 0.15) is 0 Å². The van der Waals surface area contributed by atoms with Gasteiger partial charge in [-0.3, -0.25) is 9.48 Å². The Kier molecular flexibility index (Phi) is 6.17. The minimum absolute atomic E-state index is 0.155. The fraction of sp³-hybridized carbons (Fsp3) is 0.367. The van der Waals surface area contributed by atoms with Gasteiger partial charge in [0.05, 0.1) is 23.9 Å². The minimum atomic E-state index is -0.248. The summed E-state index contributed by atoms with van der Waals surface area (Å²) < 4.78 is 2.09. The quantitative estimate of drug-likeness (QED) is 0.383. The fourth-order valence-corrected chi connectivity index (χ4v) is 5.35. The lowest BCUT2D eigenvalue weighted by Crippen LogP contribution is -2.37. The normalized spacial score (nSPS) is 14.8. The van der Waals surface area contributed by atoms with Gasteiger partial charge >= 0.3 is 0 Å². The molecular formula is C30H33N5O. The number of piperidine rings is 1. The van der Waals surface area contributed by atoms with Crippen molar-refractivity contribution < 1.29 is 4.79 Å². The highest BCUT2D eigenvalue weighted by Crippen LogP contribution is 2.37. The number of carbonyl (C=O) groups is 1. The Balaban J connectivity index is 1.46. The van der Waals surface area contributed by atoms with Gasteiger partial charge in [-0.15, -0.1) is 0 Å². The first-order chi connectivity index (χ1) is 17.3. The molecule has 6 nitrogen and oxygen atoms in total. The molecule has 0 atom stereocenters. The predicted molar refractivity (Wildman–Crippen MR) is 143 cm³/mol. The van der Waals surface area contributed by atoms with Crippen molar-refractivity contribution in [1.29, 1.82) is 5.26 Å².